The van der Waals surface area contributed by atoms with Crippen molar-refractivity contribution in [1.29, 1.82) is 0 Å². The topological polar surface area (TPSA) is 86.5 Å². The number of halogens is 1. The van der Waals surface area contributed by atoms with Crippen LogP contribution < -0.4 is 20.5 Å². The minimum Gasteiger partial charge on any atom is -0.493 e. The van der Waals surface area contributed by atoms with Crippen molar-refractivity contribution in [2.24, 2.45) is 5.73 Å². The summed E-state index contributed by atoms with van der Waals surface area (Å²) in [5, 5.41) is 3.33. The molecule has 3 N–H and O–H groups in total. The molecule has 2 aromatic rings. The Bertz CT molecular complexity index is 623. The molecule has 7 heteroatoms. The SMILES string of the molecule is COc1cc(CNCc2cccnc2)ccc1OCC(N)=O.Cl. The standard InChI is InChI=1S/C16H19N3O3.ClH/c1-21-15-7-12(4-5-14(15)22-11-16(17)20)8-19-10-13-3-2-6-18-9-13;/h2-7,9,19H,8,10-11H2,1H3,(H2,17,20);1H. The lowest BCUT2D eigenvalue weighted by Gasteiger charge is -2.11. The number of methoxy groups -OCH3 is 1. The number of nitrogens with one attached hydrogen (secondary N) is 1. The number of carbonyl (C=O) groups is 1. The summed E-state index contributed by atoms with van der Waals surface area (Å²) in [5.41, 5.74) is 7.23. The smallest absolute Gasteiger partial charge is 0.255 e. The molecule has 0 atom stereocenters. The van der Waals surface area contributed by atoms with Gasteiger partial charge in [0, 0.05) is 25.5 Å². The molecular weight excluding hydrogens is 318 g/mol. The highest BCUT2D eigenvalue weighted by Gasteiger charge is 2.07. The van der Waals surface area contributed by atoms with Gasteiger partial charge in [-0.05, 0) is 29.3 Å². The average Bonchev–Trinajstić information content (AvgIpc) is 2.54. The van der Waals surface area contributed by atoms with E-state index in [1.807, 2.05) is 30.5 Å². The zero-order valence-corrected chi connectivity index (χ0v) is 13.6. The van der Waals surface area contributed by atoms with Crippen LogP contribution in [0, 0.1) is 0 Å². The van der Waals surface area contributed by atoms with E-state index in [-0.39, 0.29) is 19.0 Å². The van der Waals surface area contributed by atoms with E-state index in [1.54, 1.807) is 19.4 Å². The van der Waals surface area contributed by atoms with Gasteiger partial charge in [0.1, 0.15) is 0 Å². The molecule has 2 rings (SSSR count). The third kappa shape index (κ3) is 6.14. The van der Waals surface area contributed by atoms with Crippen LogP contribution in [0.3, 0.4) is 0 Å². The fraction of sp³-hybridized carbons (Fsp3) is 0.250. The van der Waals surface area contributed by atoms with E-state index in [0.717, 1.165) is 17.7 Å². The molecule has 1 heterocycles. The van der Waals surface area contributed by atoms with Gasteiger partial charge in [-0.3, -0.25) is 9.78 Å². The Labute approximate surface area is 141 Å². The van der Waals surface area contributed by atoms with Crippen LogP contribution in [0.5, 0.6) is 11.5 Å². The van der Waals surface area contributed by atoms with Gasteiger partial charge in [0.05, 0.1) is 7.11 Å². The van der Waals surface area contributed by atoms with Crippen LogP contribution in [0.2, 0.25) is 0 Å². The lowest BCUT2D eigenvalue weighted by atomic mass is 10.2. The second-order valence-corrected chi connectivity index (χ2v) is 4.71. The summed E-state index contributed by atoms with van der Waals surface area (Å²) in [4.78, 5) is 14.8. The van der Waals surface area contributed by atoms with Crippen molar-refractivity contribution in [3.05, 3.63) is 53.9 Å². The first-order chi connectivity index (χ1) is 10.7. The number of primary amides is 1. The average molecular weight is 338 g/mol. The fourth-order valence-electron chi connectivity index (χ4n) is 1.94. The van der Waals surface area contributed by atoms with Crippen LogP contribution in [-0.4, -0.2) is 24.6 Å². The Morgan fingerprint density at radius 3 is 2.65 bits per heavy atom. The molecule has 1 aromatic carbocycles. The van der Waals surface area contributed by atoms with Gasteiger partial charge in [-0.2, -0.15) is 0 Å². The molecule has 0 aliphatic carbocycles. The molecule has 0 spiro atoms. The third-order valence-corrected chi connectivity index (χ3v) is 2.98. The summed E-state index contributed by atoms with van der Waals surface area (Å²) in [6, 6.07) is 9.47. The van der Waals surface area contributed by atoms with Crippen LogP contribution in [0.25, 0.3) is 0 Å². The molecule has 0 aliphatic rings. The Hall–Kier alpha value is -2.31. The molecule has 0 saturated carbocycles. The maximum absolute atomic E-state index is 10.8. The Morgan fingerprint density at radius 2 is 2.00 bits per heavy atom. The van der Waals surface area contributed by atoms with E-state index in [2.05, 4.69) is 10.3 Å². The molecule has 0 fully saturated rings. The lowest BCUT2D eigenvalue weighted by Crippen LogP contribution is -2.20. The van der Waals surface area contributed by atoms with Gasteiger partial charge >= 0.3 is 0 Å². The fourth-order valence-corrected chi connectivity index (χ4v) is 1.94. The van der Waals surface area contributed by atoms with Crippen LogP contribution in [0.1, 0.15) is 11.1 Å². The predicted molar refractivity (Wildman–Crippen MR) is 89.7 cm³/mol. The number of pyridine rings is 1. The summed E-state index contributed by atoms with van der Waals surface area (Å²) in [7, 11) is 1.55. The number of benzene rings is 1. The van der Waals surface area contributed by atoms with E-state index in [4.69, 9.17) is 15.2 Å². The minimum absolute atomic E-state index is 0. The van der Waals surface area contributed by atoms with Gasteiger partial charge in [-0.15, -0.1) is 12.4 Å². The number of carbonyl (C=O) groups excluding carboxylic acids is 1. The summed E-state index contributed by atoms with van der Waals surface area (Å²) in [6.07, 6.45) is 3.58. The molecule has 0 bridgehead atoms. The van der Waals surface area contributed by atoms with Crippen LogP contribution >= 0.6 is 12.4 Å². The normalized spacial score (nSPS) is 9.78. The molecule has 6 nitrogen and oxygen atoms in total. The lowest BCUT2D eigenvalue weighted by molar-refractivity contribution is -0.119. The minimum atomic E-state index is -0.524. The van der Waals surface area contributed by atoms with Crippen molar-refractivity contribution in [3.63, 3.8) is 0 Å². The summed E-state index contributed by atoms with van der Waals surface area (Å²) in [5.74, 6) is 0.545. The molecule has 23 heavy (non-hydrogen) atoms. The molecule has 0 unspecified atom stereocenters. The number of ether oxygens (including phenoxy) is 2. The predicted octanol–water partition coefficient (Wildman–Crippen LogP) is 1.67. The molecule has 0 aliphatic heterocycles. The second kappa shape index (κ2) is 9.66. The number of hydrogen-bond acceptors (Lipinski definition) is 5. The van der Waals surface area contributed by atoms with Crippen molar-refractivity contribution in [2.75, 3.05) is 13.7 Å². The zero-order chi connectivity index (χ0) is 15.8. The van der Waals surface area contributed by atoms with Crippen molar-refractivity contribution < 1.29 is 14.3 Å². The van der Waals surface area contributed by atoms with E-state index < -0.39 is 5.91 Å². The largest absolute Gasteiger partial charge is 0.493 e. The number of nitrogens with two attached hydrogens (primary N) is 1. The highest BCUT2D eigenvalue weighted by atomic mass is 35.5. The van der Waals surface area contributed by atoms with Crippen LogP contribution in [0.15, 0.2) is 42.7 Å². The zero-order valence-electron chi connectivity index (χ0n) is 12.8. The van der Waals surface area contributed by atoms with Crippen molar-refractivity contribution in [3.8, 4) is 11.5 Å². The van der Waals surface area contributed by atoms with Gasteiger partial charge in [-0.25, -0.2) is 0 Å². The molecule has 0 saturated heterocycles. The van der Waals surface area contributed by atoms with E-state index >= 15 is 0 Å². The number of amides is 1. The first-order valence-corrected chi connectivity index (χ1v) is 6.86. The first-order valence-electron chi connectivity index (χ1n) is 6.86. The molecular formula is C16H20ClN3O3. The van der Waals surface area contributed by atoms with Gasteiger partial charge < -0.3 is 20.5 Å². The summed E-state index contributed by atoms with van der Waals surface area (Å²) >= 11 is 0. The van der Waals surface area contributed by atoms with Gasteiger partial charge in [-0.1, -0.05) is 12.1 Å². The van der Waals surface area contributed by atoms with Gasteiger partial charge in [0.15, 0.2) is 18.1 Å². The summed E-state index contributed by atoms with van der Waals surface area (Å²) in [6.45, 7) is 1.24. The number of rotatable bonds is 8. The van der Waals surface area contributed by atoms with Crippen LogP contribution in [0.4, 0.5) is 0 Å². The van der Waals surface area contributed by atoms with E-state index in [9.17, 15) is 4.79 Å². The maximum atomic E-state index is 10.8. The molecule has 1 aromatic heterocycles. The van der Waals surface area contributed by atoms with E-state index in [1.165, 1.54) is 0 Å². The quantitative estimate of drug-likeness (QED) is 0.765. The third-order valence-electron chi connectivity index (χ3n) is 2.98. The van der Waals surface area contributed by atoms with Crippen molar-refractivity contribution in [1.82, 2.24) is 10.3 Å². The Balaban J connectivity index is 0.00000264. The monoisotopic (exact) mass is 337 g/mol. The second-order valence-electron chi connectivity index (χ2n) is 4.71. The number of nitrogens with zero attached hydrogens (tertiary/aromatic N) is 1. The van der Waals surface area contributed by atoms with Crippen molar-refractivity contribution in [2.45, 2.75) is 13.1 Å². The number of hydrogen-bond donors (Lipinski definition) is 2. The highest BCUT2D eigenvalue weighted by molar-refractivity contribution is 5.85. The summed E-state index contributed by atoms with van der Waals surface area (Å²) < 4.78 is 10.6. The van der Waals surface area contributed by atoms with Crippen LogP contribution in [-0.2, 0) is 17.9 Å². The highest BCUT2D eigenvalue weighted by Crippen LogP contribution is 2.27. The molecule has 124 valence electrons. The van der Waals surface area contributed by atoms with Gasteiger partial charge in [0.2, 0.25) is 0 Å². The Morgan fingerprint density at radius 1 is 1.22 bits per heavy atom. The van der Waals surface area contributed by atoms with E-state index in [0.29, 0.717) is 18.0 Å². The van der Waals surface area contributed by atoms with Gasteiger partial charge in [0.25, 0.3) is 5.91 Å². The van der Waals surface area contributed by atoms with Crippen molar-refractivity contribution >= 4 is 18.3 Å². The number of aromatic nitrogens is 1. The molecule has 1 amide bonds. The maximum Gasteiger partial charge on any atom is 0.255 e. The first kappa shape index (κ1) is 18.7. The Kier molecular flexibility index (Phi) is 7.87. The molecule has 0 radical (unpaired) electrons.